The molecule has 11 amide bonds. The summed E-state index contributed by atoms with van der Waals surface area (Å²) in [5, 5.41) is 23.3. The molecule has 556 valence electrons. The van der Waals surface area contributed by atoms with Gasteiger partial charge in [0.1, 0.15) is 76.3 Å². The van der Waals surface area contributed by atoms with Crippen molar-refractivity contribution in [2.24, 2.45) is 41.4 Å². The van der Waals surface area contributed by atoms with Crippen LogP contribution in [0.2, 0.25) is 0 Å². The summed E-state index contributed by atoms with van der Waals surface area (Å²) in [6.45, 7) is 29.9. The number of carbonyl (C=O) groups is 11. The molecule has 0 radical (unpaired) electrons. The summed E-state index contributed by atoms with van der Waals surface area (Å²) in [6, 6.07) is -14.9. The molecule has 0 aromatic rings. The Morgan fingerprint density at radius 1 is 0.515 bits per heavy atom. The van der Waals surface area contributed by atoms with E-state index in [2.05, 4.69) is 26.2 Å². The quantitative estimate of drug-likeness (QED) is 0.109. The maximum atomic E-state index is 15.5. The predicted molar refractivity (Wildman–Crippen MR) is 373 cm³/mol. The average Bonchev–Trinajstić information content (AvgIpc) is 0.808. The van der Waals surface area contributed by atoms with E-state index in [4.69, 9.17) is 4.74 Å². The molecule has 27 nitrogen and oxygen atoms in total. The van der Waals surface area contributed by atoms with Crippen molar-refractivity contribution < 1.29 is 71.0 Å². The van der Waals surface area contributed by atoms with Gasteiger partial charge in [0.15, 0.2) is 0 Å². The SMILES string of the molecule is C/C=C/C[C@@H](C)C(O)C1C(=O)N[C@@H](CC)C(=O)N(C)[C@H](CCCN2CCOCC2)C(=O)N(C)[C@@H]([C@H](C)CS(C)(=O)=O)C(=O)N[C@@H](C(C)C)C(=O)N(C)[C@@H](CC(C)C)C(=O)N[C@@H](C)C(=O)N[C@H](C)C(=O)N(C)[C@@H](CC(C)C)C(=O)N(C)[C@@H](CC(C)C)C(=O)N(C)[C@@H](C(C)C)C(=O)N1C. The fourth-order valence-corrected chi connectivity index (χ4v) is 14.1. The summed E-state index contributed by atoms with van der Waals surface area (Å²) in [5.74, 6) is -12.6. The lowest BCUT2D eigenvalue weighted by Crippen LogP contribution is -2.64. The average molecular weight is 1390 g/mol. The minimum absolute atomic E-state index is 0.0119. The minimum Gasteiger partial charge on any atom is -0.390 e. The van der Waals surface area contributed by atoms with Gasteiger partial charge in [0.05, 0.1) is 25.1 Å². The molecular formula is C69H124N12O15S. The number of allylic oxidation sites excluding steroid dienone is 2. The lowest BCUT2D eigenvalue weighted by molar-refractivity contribution is -0.157. The fraction of sp³-hybridized carbons (Fsp3) is 0.812. The highest BCUT2D eigenvalue weighted by atomic mass is 32.2. The Morgan fingerprint density at radius 3 is 1.44 bits per heavy atom. The van der Waals surface area contributed by atoms with Crippen LogP contribution in [0.15, 0.2) is 12.2 Å². The number of hydrogen-bond donors (Lipinski definition) is 5. The second kappa shape index (κ2) is 39.5. The molecular weight excluding hydrogens is 1270 g/mol. The van der Waals surface area contributed by atoms with Crippen molar-refractivity contribution in [3.63, 3.8) is 0 Å². The second-order valence-electron chi connectivity index (χ2n) is 29.3. The zero-order chi connectivity index (χ0) is 74.6. The van der Waals surface area contributed by atoms with Gasteiger partial charge in [-0.15, -0.1) is 0 Å². The van der Waals surface area contributed by atoms with E-state index < -0.39 is 177 Å². The third-order valence-electron chi connectivity index (χ3n) is 18.8. The molecule has 0 spiro atoms. The molecule has 2 rings (SSSR count). The minimum atomic E-state index is -3.85. The number of nitrogens with one attached hydrogen (secondary N) is 4. The highest BCUT2D eigenvalue weighted by molar-refractivity contribution is 7.90. The van der Waals surface area contributed by atoms with Crippen LogP contribution in [0.25, 0.3) is 0 Å². The van der Waals surface area contributed by atoms with Crippen molar-refractivity contribution >= 4 is 74.8 Å². The summed E-state index contributed by atoms with van der Waals surface area (Å²) < 4.78 is 31.8. The number of sulfone groups is 1. The van der Waals surface area contributed by atoms with Crippen LogP contribution >= 0.6 is 0 Å². The first kappa shape index (κ1) is 86.8. The monoisotopic (exact) mass is 1390 g/mol. The van der Waals surface area contributed by atoms with Gasteiger partial charge in [-0.1, -0.05) is 102 Å². The summed E-state index contributed by atoms with van der Waals surface area (Å²) in [4.78, 5) is 175. The lowest BCUT2D eigenvalue weighted by Gasteiger charge is -2.41. The zero-order valence-electron chi connectivity index (χ0n) is 63.0. The number of likely N-dealkylation sites (N-methyl/N-ethyl adjacent to an activating group) is 7. The van der Waals surface area contributed by atoms with Gasteiger partial charge in [-0.2, -0.15) is 0 Å². The number of amides is 11. The Kier molecular flexibility index (Phi) is 35.4. The molecule has 2 fully saturated rings. The molecule has 0 bridgehead atoms. The van der Waals surface area contributed by atoms with E-state index in [-0.39, 0.29) is 56.3 Å². The first-order valence-corrected chi connectivity index (χ1v) is 36.8. The number of nitrogens with zero attached hydrogens (tertiary/aromatic N) is 8. The van der Waals surface area contributed by atoms with Crippen molar-refractivity contribution in [2.75, 3.05) is 94.2 Å². The molecule has 2 aliphatic rings. The van der Waals surface area contributed by atoms with Crippen LogP contribution in [-0.2, 0) is 67.3 Å². The van der Waals surface area contributed by atoms with Crippen molar-refractivity contribution in [1.29, 1.82) is 0 Å². The molecule has 2 unspecified atom stereocenters. The highest BCUT2D eigenvalue weighted by Gasteiger charge is 2.47. The van der Waals surface area contributed by atoms with Gasteiger partial charge in [0.25, 0.3) is 0 Å². The van der Waals surface area contributed by atoms with Crippen LogP contribution in [-0.4, -0.2) is 284 Å². The van der Waals surface area contributed by atoms with E-state index in [9.17, 15) is 32.7 Å². The standard InChI is InChI=1S/C69H124N12O15S/c1-25-27-29-45(13)58(82)57-62(86)72-49(26-2)64(88)74(17)50(30-28-31-81-32-34-96-35-33-81)65(89)79(22)56(46(14)39-97(24,94)95)61(85)73-54(43(9)10)68(92)75(18)51(36-40(3)4)60(84)70-47(15)59(83)71-48(16)63(87)76(19)52(37-41(5)6)66(90)77(20)53(38-42(7)8)67(91)78(21)55(44(11)12)69(93)80(57)23/h25,27,40-58,82H,26,28-39H2,1-24H3,(H,70,84)(H,71,83)(H,72,86)(H,73,85)/b27-25+/t45-,46-,47+,48-,49+,50-,51+,52+,53+,54+,55+,56+,57?,58?/m1/s1. The molecule has 2 heterocycles. The first-order valence-electron chi connectivity index (χ1n) is 34.8. The van der Waals surface area contributed by atoms with Crippen LogP contribution in [0.4, 0.5) is 0 Å². The number of morpholine rings is 1. The Balaban J connectivity index is 3.17. The lowest BCUT2D eigenvalue weighted by atomic mass is 9.91. The molecule has 0 aromatic carbocycles. The van der Waals surface area contributed by atoms with E-state index in [1.807, 2.05) is 41.5 Å². The van der Waals surface area contributed by atoms with Gasteiger partial charge >= 0.3 is 0 Å². The maximum Gasteiger partial charge on any atom is 0.246 e. The third-order valence-corrected chi connectivity index (χ3v) is 19.9. The topological polar surface area (TPSA) is 325 Å². The molecule has 28 heteroatoms. The molecule has 0 aliphatic carbocycles. The number of carbonyl (C=O) groups excluding carboxylic acids is 11. The van der Waals surface area contributed by atoms with E-state index in [1.54, 1.807) is 60.6 Å². The zero-order valence-corrected chi connectivity index (χ0v) is 63.8. The van der Waals surface area contributed by atoms with Gasteiger partial charge in [-0.3, -0.25) is 57.6 Å². The third kappa shape index (κ3) is 24.8. The van der Waals surface area contributed by atoms with Crippen LogP contribution in [0.3, 0.4) is 0 Å². The first-order chi connectivity index (χ1) is 44.9. The van der Waals surface area contributed by atoms with E-state index >= 15 is 33.6 Å². The van der Waals surface area contributed by atoms with Crippen LogP contribution < -0.4 is 21.3 Å². The van der Waals surface area contributed by atoms with Gasteiger partial charge in [-0.05, 0) is 114 Å². The van der Waals surface area contributed by atoms with E-state index in [1.165, 1.54) is 94.6 Å². The summed E-state index contributed by atoms with van der Waals surface area (Å²) in [5.41, 5.74) is 0. The number of hydrogen-bond acceptors (Lipinski definition) is 16. The maximum absolute atomic E-state index is 15.5. The Morgan fingerprint density at radius 2 is 0.959 bits per heavy atom. The molecule has 2 saturated heterocycles. The van der Waals surface area contributed by atoms with Crippen LogP contribution in [0, 0.1) is 41.4 Å². The second-order valence-corrected chi connectivity index (χ2v) is 31.5. The number of ether oxygens (including phenoxy) is 1. The molecule has 2 aliphatic heterocycles. The fourth-order valence-electron chi connectivity index (χ4n) is 12.9. The van der Waals surface area contributed by atoms with Crippen molar-refractivity contribution in [3.05, 3.63) is 12.2 Å². The van der Waals surface area contributed by atoms with Gasteiger partial charge in [0, 0.05) is 68.7 Å². The normalized spacial score (nSPS) is 27.4. The summed E-state index contributed by atoms with van der Waals surface area (Å²) in [6.07, 6.45) is 3.86. The molecule has 0 aromatic heterocycles. The Bertz CT molecular complexity index is 2810. The van der Waals surface area contributed by atoms with Gasteiger partial charge in [-0.25, -0.2) is 8.42 Å². The van der Waals surface area contributed by atoms with Crippen LogP contribution in [0.5, 0.6) is 0 Å². The number of aliphatic hydroxyl groups excluding tert-OH is 1. The molecule has 14 atom stereocenters. The molecule has 97 heavy (non-hydrogen) atoms. The molecule has 0 saturated carbocycles. The summed E-state index contributed by atoms with van der Waals surface area (Å²) >= 11 is 0. The summed E-state index contributed by atoms with van der Waals surface area (Å²) in [7, 11) is 5.86. The van der Waals surface area contributed by atoms with E-state index in [0.29, 0.717) is 39.3 Å². The van der Waals surface area contributed by atoms with Crippen molar-refractivity contribution in [1.82, 2.24) is 60.5 Å². The smallest absolute Gasteiger partial charge is 0.246 e. The van der Waals surface area contributed by atoms with Gasteiger partial charge < -0.3 is 65.4 Å². The Hall–Kier alpha value is -6.26. The number of rotatable bonds is 20. The predicted octanol–water partition coefficient (Wildman–Crippen LogP) is 2.38. The highest BCUT2D eigenvalue weighted by Crippen LogP contribution is 2.27. The van der Waals surface area contributed by atoms with Crippen molar-refractivity contribution in [2.45, 2.75) is 228 Å². The van der Waals surface area contributed by atoms with E-state index in [0.717, 1.165) is 16.1 Å². The van der Waals surface area contributed by atoms with Crippen LogP contribution in [0.1, 0.15) is 156 Å². The number of aliphatic hydroxyl groups is 1. The molecule has 5 N–H and O–H groups in total. The largest absolute Gasteiger partial charge is 0.390 e. The van der Waals surface area contributed by atoms with Gasteiger partial charge in [0.2, 0.25) is 65.0 Å². The van der Waals surface area contributed by atoms with Crippen molar-refractivity contribution in [3.8, 4) is 0 Å². The Labute approximate surface area is 579 Å².